The van der Waals surface area contributed by atoms with Crippen molar-refractivity contribution >= 4 is 5.97 Å². The molecular weight excluding hydrogens is 270 g/mol. The maximum absolute atomic E-state index is 10.6. The lowest BCUT2D eigenvalue weighted by atomic mass is 10.2. The van der Waals surface area contributed by atoms with Gasteiger partial charge in [-0.05, 0) is 11.6 Å². The lowest BCUT2D eigenvalue weighted by Gasteiger charge is -2.08. The maximum Gasteiger partial charge on any atom is 0.302 e. The monoisotopic (exact) mass is 287 g/mol. The second-order valence-electron chi connectivity index (χ2n) is 4.29. The van der Waals surface area contributed by atoms with Crippen molar-refractivity contribution < 1.29 is 19.0 Å². The lowest BCUT2D eigenvalue weighted by molar-refractivity contribution is -0.141. The Labute approximate surface area is 123 Å². The van der Waals surface area contributed by atoms with E-state index in [-0.39, 0.29) is 12.6 Å². The molecule has 0 radical (unpaired) electrons. The first-order valence-corrected chi connectivity index (χ1v) is 6.63. The van der Waals surface area contributed by atoms with Crippen molar-refractivity contribution in [2.75, 3.05) is 13.2 Å². The summed E-state index contributed by atoms with van der Waals surface area (Å²) in [7, 11) is 0. The smallest absolute Gasteiger partial charge is 0.302 e. The van der Waals surface area contributed by atoms with Gasteiger partial charge in [-0.1, -0.05) is 30.3 Å². The fourth-order valence-electron chi connectivity index (χ4n) is 1.61. The van der Waals surface area contributed by atoms with E-state index >= 15 is 0 Å². The molecule has 1 aromatic carbocycles. The first-order valence-electron chi connectivity index (χ1n) is 6.63. The van der Waals surface area contributed by atoms with Gasteiger partial charge in [0, 0.05) is 13.0 Å². The number of esters is 1. The van der Waals surface area contributed by atoms with Crippen LogP contribution in [0.1, 0.15) is 12.5 Å². The molecule has 0 aliphatic heterocycles. The third-order valence-corrected chi connectivity index (χ3v) is 2.60. The highest BCUT2D eigenvalue weighted by molar-refractivity contribution is 5.65. The summed E-state index contributed by atoms with van der Waals surface area (Å²) < 4.78 is 15.7. The minimum absolute atomic E-state index is 0.224. The van der Waals surface area contributed by atoms with Crippen LogP contribution in [-0.4, -0.2) is 24.2 Å². The molecule has 5 nitrogen and oxygen atoms in total. The molecule has 2 rings (SSSR count). The molecule has 0 fully saturated rings. The molecule has 1 heterocycles. The number of aromatic nitrogens is 1. The number of pyridine rings is 1. The highest BCUT2D eigenvalue weighted by Crippen LogP contribution is 2.15. The second-order valence-corrected chi connectivity index (χ2v) is 4.29. The van der Waals surface area contributed by atoms with Crippen molar-refractivity contribution in [3.63, 3.8) is 0 Å². The zero-order valence-electron chi connectivity index (χ0n) is 11.8. The van der Waals surface area contributed by atoms with Gasteiger partial charge in [-0.15, -0.1) is 0 Å². The Morgan fingerprint density at radius 3 is 2.52 bits per heavy atom. The molecule has 0 aliphatic carbocycles. The summed E-state index contributed by atoms with van der Waals surface area (Å²) in [6, 6.07) is 13.4. The minimum Gasteiger partial charge on any atom is -0.488 e. The van der Waals surface area contributed by atoms with E-state index in [4.69, 9.17) is 14.2 Å². The molecule has 0 saturated heterocycles. The van der Waals surface area contributed by atoms with Crippen LogP contribution in [-0.2, 0) is 16.1 Å². The van der Waals surface area contributed by atoms with Crippen LogP contribution in [0.3, 0.4) is 0 Å². The molecule has 1 aromatic heterocycles. The molecule has 21 heavy (non-hydrogen) atoms. The van der Waals surface area contributed by atoms with Crippen LogP contribution in [0, 0.1) is 0 Å². The summed E-state index contributed by atoms with van der Waals surface area (Å²) in [6.07, 6.45) is 1.58. The van der Waals surface area contributed by atoms with E-state index < -0.39 is 0 Å². The van der Waals surface area contributed by atoms with Gasteiger partial charge in [0.2, 0.25) is 5.88 Å². The van der Waals surface area contributed by atoms with Gasteiger partial charge in [0.25, 0.3) is 0 Å². The van der Waals surface area contributed by atoms with Gasteiger partial charge in [-0.25, -0.2) is 4.98 Å². The Morgan fingerprint density at radius 2 is 1.86 bits per heavy atom. The van der Waals surface area contributed by atoms with Crippen LogP contribution in [0.15, 0.2) is 48.7 Å². The quantitative estimate of drug-likeness (QED) is 0.578. The van der Waals surface area contributed by atoms with E-state index in [0.717, 1.165) is 5.56 Å². The molecule has 0 saturated carbocycles. The van der Waals surface area contributed by atoms with Crippen molar-refractivity contribution in [3.8, 4) is 11.6 Å². The molecule has 2 aromatic rings. The number of rotatable bonds is 7. The predicted molar refractivity (Wildman–Crippen MR) is 77.1 cm³/mol. The van der Waals surface area contributed by atoms with Gasteiger partial charge in [0.1, 0.15) is 25.6 Å². The molecule has 0 N–H and O–H groups in total. The Kier molecular flexibility index (Phi) is 5.58. The minimum atomic E-state index is -0.318. The van der Waals surface area contributed by atoms with Crippen LogP contribution in [0.25, 0.3) is 0 Å². The molecule has 0 amide bonds. The number of hydrogen-bond acceptors (Lipinski definition) is 5. The van der Waals surface area contributed by atoms with Crippen LogP contribution in [0.2, 0.25) is 0 Å². The topological polar surface area (TPSA) is 57.7 Å². The summed E-state index contributed by atoms with van der Waals surface area (Å²) in [4.78, 5) is 14.7. The Hall–Kier alpha value is -2.56. The largest absolute Gasteiger partial charge is 0.488 e. The van der Waals surface area contributed by atoms with E-state index in [1.54, 1.807) is 18.3 Å². The van der Waals surface area contributed by atoms with E-state index in [0.29, 0.717) is 24.8 Å². The number of hydrogen-bond donors (Lipinski definition) is 0. The highest BCUT2D eigenvalue weighted by Gasteiger charge is 2.00. The summed E-state index contributed by atoms with van der Waals surface area (Å²) in [6.45, 7) is 2.36. The molecule has 0 aliphatic rings. The number of nitrogens with zero attached hydrogens (tertiary/aromatic N) is 1. The van der Waals surface area contributed by atoms with Crippen molar-refractivity contribution in [2.45, 2.75) is 13.5 Å². The van der Waals surface area contributed by atoms with E-state index in [1.165, 1.54) is 6.92 Å². The molecule has 5 heteroatoms. The van der Waals surface area contributed by atoms with Crippen LogP contribution in [0.5, 0.6) is 11.6 Å². The van der Waals surface area contributed by atoms with Crippen molar-refractivity contribution in [2.24, 2.45) is 0 Å². The standard InChI is InChI=1S/C16H17NO4/c1-13(18)19-9-10-20-15-7-8-16(17-11-15)21-12-14-5-3-2-4-6-14/h2-8,11H,9-10,12H2,1H3. The fourth-order valence-corrected chi connectivity index (χ4v) is 1.61. The average molecular weight is 287 g/mol. The molecule has 0 spiro atoms. The van der Waals surface area contributed by atoms with Gasteiger partial charge in [-0.3, -0.25) is 4.79 Å². The average Bonchev–Trinajstić information content (AvgIpc) is 2.51. The maximum atomic E-state index is 10.6. The lowest BCUT2D eigenvalue weighted by Crippen LogP contribution is -2.09. The molecule has 0 atom stereocenters. The molecule has 0 bridgehead atoms. The highest BCUT2D eigenvalue weighted by atomic mass is 16.6. The Balaban J connectivity index is 1.75. The van der Waals surface area contributed by atoms with Crippen LogP contribution < -0.4 is 9.47 Å². The Bertz CT molecular complexity index is 554. The molecular formula is C16H17NO4. The normalized spacial score (nSPS) is 9.95. The van der Waals surface area contributed by atoms with Crippen molar-refractivity contribution in [3.05, 3.63) is 54.2 Å². The van der Waals surface area contributed by atoms with E-state index in [1.807, 2.05) is 30.3 Å². The Morgan fingerprint density at radius 1 is 1.05 bits per heavy atom. The van der Waals surface area contributed by atoms with Gasteiger partial charge in [0.15, 0.2) is 0 Å². The van der Waals surface area contributed by atoms with Gasteiger partial charge in [-0.2, -0.15) is 0 Å². The molecule has 110 valence electrons. The first-order chi connectivity index (χ1) is 10.2. The number of carbonyl (C=O) groups is 1. The van der Waals surface area contributed by atoms with E-state index in [2.05, 4.69) is 4.98 Å². The van der Waals surface area contributed by atoms with E-state index in [9.17, 15) is 4.79 Å². The third kappa shape index (κ3) is 5.52. The number of ether oxygens (including phenoxy) is 3. The first kappa shape index (κ1) is 14.8. The summed E-state index contributed by atoms with van der Waals surface area (Å²) in [5.41, 5.74) is 1.08. The SMILES string of the molecule is CC(=O)OCCOc1ccc(OCc2ccccc2)nc1. The predicted octanol–water partition coefficient (Wildman–Crippen LogP) is 2.60. The van der Waals surface area contributed by atoms with Crippen LogP contribution >= 0.6 is 0 Å². The fraction of sp³-hybridized carbons (Fsp3) is 0.250. The zero-order chi connectivity index (χ0) is 14.9. The number of benzene rings is 1. The summed E-state index contributed by atoms with van der Waals surface area (Å²) >= 11 is 0. The van der Waals surface area contributed by atoms with Crippen molar-refractivity contribution in [1.82, 2.24) is 4.98 Å². The second kappa shape index (κ2) is 7.89. The summed E-state index contributed by atoms with van der Waals surface area (Å²) in [5.74, 6) is 0.821. The van der Waals surface area contributed by atoms with Gasteiger partial charge < -0.3 is 14.2 Å². The van der Waals surface area contributed by atoms with Gasteiger partial charge >= 0.3 is 5.97 Å². The molecule has 0 unspecified atom stereocenters. The van der Waals surface area contributed by atoms with Crippen LogP contribution in [0.4, 0.5) is 0 Å². The third-order valence-electron chi connectivity index (χ3n) is 2.60. The number of carbonyl (C=O) groups excluding carboxylic acids is 1. The zero-order valence-corrected chi connectivity index (χ0v) is 11.8. The van der Waals surface area contributed by atoms with Crippen molar-refractivity contribution in [1.29, 1.82) is 0 Å². The van der Waals surface area contributed by atoms with Gasteiger partial charge in [0.05, 0.1) is 6.20 Å². The summed E-state index contributed by atoms with van der Waals surface area (Å²) in [5, 5.41) is 0.